The second-order valence-electron chi connectivity index (χ2n) is 1.66. The number of carbonyl (C=O) groups is 1. The van der Waals surface area contributed by atoms with Gasteiger partial charge in [0.05, 0.1) is 12.5 Å². The number of hydrogen-bond acceptors (Lipinski definition) is 2. The zero-order chi connectivity index (χ0) is 6.57. The Morgan fingerprint density at radius 2 is 2.11 bits per heavy atom. The summed E-state index contributed by atoms with van der Waals surface area (Å²) in [5.74, 6) is -0.945. The first-order valence-corrected chi connectivity index (χ1v) is 2.56. The fraction of sp³-hybridized carbons (Fsp3) is 0.800. The molecule has 0 rings (SSSR count). The maximum atomic E-state index is 9.81. The van der Waals surface area contributed by atoms with Crippen molar-refractivity contribution in [2.75, 3.05) is 0 Å². The van der Waals surface area contributed by atoms with Gasteiger partial charge in [0.25, 0.3) is 0 Å². The van der Waals surface area contributed by atoms with Crippen molar-refractivity contribution in [1.82, 2.24) is 0 Å². The third kappa shape index (κ3) is 8.43. The van der Waals surface area contributed by atoms with Gasteiger partial charge < -0.3 is 10.2 Å². The first-order chi connectivity index (χ1) is 3.66. The van der Waals surface area contributed by atoms with E-state index in [1.165, 1.54) is 0 Å². The summed E-state index contributed by atoms with van der Waals surface area (Å²) in [6.07, 6.45) is -0.310. The van der Waals surface area contributed by atoms with Crippen LogP contribution >= 0.6 is 0 Å². The van der Waals surface area contributed by atoms with Gasteiger partial charge in [-0.3, -0.25) is 4.79 Å². The normalized spacial score (nSPS) is 11.8. The number of carboxylic acid groups (broad SMARTS) is 1. The SMILES string of the molecule is CCC(O)CC(=O)O.[NaH]. The van der Waals surface area contributed by atoms with Gasteiger partial charge in [-0.15, -0.1) is 0 Å². The van der Waals surface area contributed by atoms with Gasteiger partial charge in [-0.1, -0.05) is 6.92 Å². The number of aliphatic hydroxyl groups excluding tert-OH is 1. The van der Waals surface area contributed by atoms with Gasteiger partial charge in [0.15, 0.2) is 0 Å². The molecule has 0 aliphatic rings. The number of aliphatic hydroxyl groups is 1. The molecule has 0 amide bonds. The summed E-state index contributed by atoms with van der Waals surface area (Å²) in [6, 6.07) is 0. The van der Waals surface area contributed by atoms with Crippen molar-refractivity contribution in [2.24, 2.45) is 0 Å². The summed E-state index contributed by atoms with van der Waals surface area (Å²) < 4.78 is 0. The zero-order valence-corrected chi connectivity index (χ0v) is 4.79. The van der Waals surface area contributed by atoms with Crippen molar-refractivity contribution < 1.29 is 15.0 Å². The van der Waals surface area contributed by atoms with Crippen LogP contribution in [0.15, 0.2) is 0 Å². The Hall–Kier alpha value is 0.430. The summed E-state index contributed by atoms with van der Waals surface area (Å²) in [5.41, 5.74) is 0. The van der Waals surface area contributed by atoms with Gasteiger partial charge in [0.1, 0.15) is 0 Å². The molecule has 0 aromatic heterocycles. The number of carboxylic acids is 1. The van der Waals surface area contributed by atoms with Crippen molar-refractivity contribution >= 4 is 35.5 Å². The van der Waals surface area contributed by atoms with Crippen LogP contribution in [0.4, 0.5) is 0 Å². The topological polar surface area (TPSA) is 57.5 Å². The summed E-state index contributed by atoms with van der Waals surface area (Å²) in [6.45, 7) is 1.74. The van der Waals surface area contributed by atoms with E-state index >= 15 is 0 Å². The molecule has 0 heterocycles. The van der Waals surface area contributed by atoms with Gasteiger partial charge in [-0.25, -0.2) is 0 Å². The molecule has 0 aromatic carbocycles. The van der Waals surface area contributed by atoms with E-state index in [4.69, 9.17) is 10.2 Å². The second-order valence-corrected chi connectivity index (χ2v) is 1.66. The van der Waals surface area contributed by atoms with Crippen LogP contribution < -0.4 is 0 Å². The molecule has 1 atom stereocenters. The summed E-state index contributed by atoms with van der Waals surface area (Å²) >= 11 is 0. The van der Waals surface area contributed by atoms with Crippen molar-refractivity contribution in [3.8, 4) is 0 Å². The molecule has 0 saturated heterocycles. The van der Waals surface area contributed by atoms with E-state index < -0.39 is 12.1 Å². The summed E-state index contributed by atoms with van der Waals surface area (Å²) in [7, 11) is 0. The average molecular weight is 142 g/mol. The van der Waals surface area contributed by atoms with Crippen LogP contribution in [0, 0.1) is 0 Å². The number of aliphatic carboxylic acids is 1. The standard InChI is InChI=1S/C5H10O3.Na.H/c1-2-4(6)3-5(7)8;;/h4,6H,2-3H2,1H3,(H,7,8);;. The molecule has 2 N–H and O–H groups in total. The molecule has 0 fully saturated rings. The Kier molecular flexibility index (Phi) is 8.83. The molecule has 0 saturated carbocycles. The van der Waals surface area contributed by atoms with E-state index in [2.05, 4.69) is 0 Å². The molecule has 50 valence electrons. The molecule has 4 heteroatoms. The van der Waals surface area contributed by atoms with Gasteiger partial charge >= 0.3 is 35.5 Å². The maximum absolute atomic E-state index is 9.81. The number of hydrogen-bond donors (Lipinski definition) is 2. The van der Waals surface area contributed by atoms with Gasteiger partial charge in [0.2, 0.25) is 0 Å². The van der Waals surface area contributed by atoms with Crippen LogP contribution in [0.2, 0.25) is 0 Å². The molecule has 0 radical (unpaired) electrons. The van der Waals surface area contributed by atoms with Crippen molar-refractivity contribution in [3.05, 3.63) is 0 Å². The van der Waals surface area contributed by atoms with Crippen LogP contribution in [0.1, 0.15) is 19.8 Å². The van der Waals surface area contributed by atoms with Crippen LogP contribution in [-0.4, -0.2) is 51.8 Å². The van der Waals surface area contributed by atoms with E-state index in [9.17, 15) is 4.79 Å². The molecule has 0 aliphatic carbocycles. The Bertz CT molecular complexity index is 84.3. The monoisotopic (exact) mass is 142 g/mol. The zero-order valence-electron chi connectivity index (χ0n) is 4.79. The minimum absolute atomic E-state index is 0. The van der Waals surface area contributed by atoms with Crippen LogP contribution in [-0.2, 0) is 4.79 Å². The quantitative estimate of drug-likeness (QED) is 0.526. The minimum atomic E-state index is -0.945. The first-order valence-electron chi connectivity index (χ1n) is 2.56. The van der Waals surface area contributed by atoms with Crippen LogP contribution in [0.25, 0.3) is 0 Å². The van der Waals surface area contributed by atoms with Crippen LogP contribution in [0.3, 0.4) is 0 Å². The molecule has 0 spiro atoms. The Morgan fingerprint density at radius 3 is 2.22 bits per heavy atom. The Morgan fingerprint density at radius 1 is 1.67 bits per heavy atom. The third-order valence-corrected chi connectivity index (χ3v) is 0.881. The van der Waals surface area contributed by atoms with Crippen LogP contribution in [0.5, 0.6) is 0 Å². The fourth-order valence-corrected chi connectivity index (χ4v) is 0.346. The van der Waals surface area contributed by atoms with Gasteiger partial charge in [-0.2, -0.15) is 0 Å². The predicted molar refractivity (Wildman–Crippen MR) is 35.7 cm³/mol. The molecular weight excluding hydrogens is 131 g/mol. The fourth-order valence-electron chi connectivity index (χ4n) is 0.346. The second kappa shape index (κ2) is 6.55. The third-order valence-electron chi connectivity index (χ3n) is 0.881. The van der Waals surface area contributed by atoms with E-state index in [1.807, 2.05) is 0 Å². The summed E-state index contributed by atoms with van der Waals surface area (Å²) in [4.78, 5) is 9.81. The molecule has 0 bridgehead atoms. The molecule has 9 heavy (non-hydrogen) atoms. The van der Waals surface area contributed by atoms with Crippen molar-refractivity contribution in [3.63, 3.8) is 0 Å². The first kappa shape index (κ1) is 12.1. The molecule has 3 nitrogen and oxygen atoms in total. The summed E-state index contributed by atoms with van der Waals surface area (Å²) in [5, 5.41) is 16.7. The van der Waals surface area contributed by atoms with Gasteiger partial charge in [-0.05, 0) is 6.42 Å². The Balaban J connectivity index is 0. The molecule has 0 aliphatic heterocycles. The van der Waals surface area contributed by atoms with E-state index in [-0.39, 0.29) is 36.0 Å². The van der Waals surface area contributed by atoms with Crippen molar-refractivity contribution in [2.45, 2.75) is 25.9 Å². The Labute approximate surface area is 76.4 Å². The number of rotatable bonds is 3. The predicted octanol–water partition coefficient (Wildman–Crippen LogP) is -0.417. The van der Waals surface area contributed by atoms with E-state index in [0.717, 1.165) is 0 Å². The molecule has 1 unspecified atom stereocenters. The molecule has 0 aromatic rings. The average Bonchev–Trinajstić information content (AvgIpc) is 1.65. The van der Waals surface area contributed by atoms with E-state index in [0.29, 0.717) is 6.42 Å². The van der Waals surface area contributed by atoms with Gasteiger partial charge in [0, 0.05) is 0 Å². The van der Waals surface area contributed by atoms with Crippen molar-refractivity contribution in [1.29, 1.82) is 0 Å². The molecular formula is C5H11NaO3. The van der Waals surface area contributed by atoms with E-state index in [1.54, 1.807) is 6.92 Å².